The number of anilines is 2. The minimum Gasteiger partial charge on any atom is -0.465 e. The average Bonchev–Trinajstić information content (AvgIpc) is 3.09. The summed E-state index contributed by atoms with van der Waals surface area (Å²) in [6, 6.07) is 6.21. The number of ether oxygens (including phenoxy) is 1. The van der Waals surface area contributed by atoms with Crippen LogP contribution in [0.4, 0.5) is 17.1 Å². The zero-order valence-electron chi connectivity index (χ0n) is 14.7. The van der Waals surface area contributed by atoms with E-state index in [-0.39, 0.29) is 21.9 Å². The van der Waals surface area contributed by atoms with Crippen LogP contribution in [-0.2, 0) is 19.6 Å². The Bertz CT molecular complexity index is 986. The summed E-state index contributed by atoms with van der Waals surface area (Å²) in [4.78, 5) is 34.1. The van der Waals surface area contributed by atoms with Crippen molar-refractivity contribution in [2.24, 2.45) is 0 Å². The van der Waals surface area contributed by atoms with Crippen LogP contribution in [0.25, 0.3) is 0 Å². The number of methoxy groups -OCH3 is 1. The van der Waals surface area contributed by atoms with Gasteiger partial charge in [0.15, 0.2) is 0 Å². The fraction of sp³-hybridized carbons (Fsp3) is 0.200. The van der Waals surface area contributed by atoms with Crippen molar-refractivity contribution in [1.29, 1.82) is 0 Å². The zero-order chi connectivity index (χ0) is 20.9. The topological polar surface area (TPSA) is 148 Å². The van der Waals surface area contributed by atoms with Gasteiger partial charge < -0.3 is 10.1 Å². The number of hydrazine groups is 1. The fourth-order valence-corrected chi connectivity index (χ4v) is 4.23. The highest BCUT2D eigenvalue weighted by molar-refractivity contribution is 7.93. The Labute approximate surface area is 164 Å². The first-order valence-corrected chi connectivity index (χ1v) is 10.1. The molecule has 1 aromatic carbocycles. The van der Waals surface area contributed by atoms with Gasteiger partial charge in [0.25, 0.3) is 15.7 Å². The van der Waals surface area contributed by atoms with Crippen LogP contribution in [0.1, 0.15) is 9.67 Å². The third kappa shape index (κ3) is 4.82. The lowest BCUT2D eigenvalue weighted by Gasteiger charge is -2.22. The molecule has 0 saturated heterocycles. The molecule has 2 N–H and O–H groups in total. The summed E-state index contributed by atoms with van der Waals surface area (Å²) in [5, 5.41) is 14.6. The summed E-state index contributed by atoms with van der Waals surface area (Å²) >= 11 is 1.04. The number of amides is 1. The Morgan fingerprint density at radius 3 is 2.43 bits per heavy atom. The van der Waals surface area contributed by atoms with E-state index in [1.807, 2.05) is 0 Å². The number of carbonyl (C=O) groups is 2. The molecule has 0 aliphatic heterocycles. The molecule has 13 heteroatoms. The molecule has 2 aromatic rings. The predicted octanol–water partition coefficient (Wildman–Crippen LogP) is 1.35. The molecule has 1 aromatic heterocycles. The Hall–Kier alpha value is -3.03. The van der Waals surface area contributed by atoms with Crippen LogP contribution < -0.4 is 15.2 Å². The largest absolute Gasteiger partial charge is 0.465 e. The molecule has 0 fully saturated rings. The van der Waals surface area contributed by atoms with Crippen LogP contribution in [-0.4, -0.2) is 45.1 Å². The van der Waals surface area contributed by atoms with Gasteiger partial charge in [-0.25, -0.2) is 23.1 Å². The van der Waals surface area contributed by atoms with Crippen LogP contribution in [0.15, 0.2) is 35.7 Å². The molecule has 1 amide bonds. The quantitative estimate of drug-likeness (QED) is 0.364. The molecule has 0 atom stereocenters. The van der Waals surface area contributed by atoms with Crippen molar-refractivity contribution in [2.75, 3.05) is 29.6 Å². The minimum absolute atomic E-state index is 0.0895. The first-order chi connectivity index (χ1) is 13.2. The number of hydrogen-bond acceptors (Lipinski definition) is 9. The van der Waals surface area contributed by atoms with Crippen molar-refractivity contribution in [3.8, 4) is 0 Å². The number of rotatable bonds is 8. The van der Waals surface area contributed by atoms with Gasteiger partial charge in [0.05, 0.1) is 23.4 Å². The molecule has 0 bridgehead atoms. The van der Waals surface area contributed by atoms with E-state index in [9.17, 15) is 28.1 Å². The molecule has 0 aliphatic carbocycles. The van der Waals surface area contributed by atoms with Crippen molar-refractivity contribution >= 4 is 50.3 Å². The second-order valence-corrected chi connectivity index (χ2v) is 7.95. The lowest BCUT2D eigenvalue weighted by molar-refractivity contribution is -0.384. The summed E-state index contributed by atoms with van der Waals surface area (Å²) in [7, 11) is -1.66. The Balaban J connectivity index is 2.16. The van der Waals surface area contributed by atoms with Gasteiger partial charge in [0.2, 0.25) is 5.91 Å². The van der Waals surface area contributed by atoms with E-state index in [0.717, 1.165) is 27.9 Å². The molecule has 0 saturated carbocycles. The van der Waals surface area contributed by atoms with Crippen molar-refractivity contribution in [2.45, 2.75) is 0 Å². The van der Waals surface area contributed by atoms with Crippen molar-refractivity contribution in [1.82, 2.24) is 5.43 Å². The predicted molar refractivity (Wildman–Crippen MR) is 103 cm³/mol. The highest BCUT2D eigenvalue weighted by Crippen LogP contribution is 2.24. The fourth-order valence-electron chi connectivity index (χ4n) is 2.21. The average molecular weight is 428 g/mol. The molecule has 0 aliphatic rings. The van der Waals surface area contributed by atoms with Gasteiger partial charge in [-0.05, 0) is 23.6 Å². The van der Waals surface area contributed by atoms with Crippen molar-refractivity contribution < 1.29 is 27.7 Å². The van der Waals surface area contributed by atoms with Crippen LogP contribution in [0.2, 0.25) is 0 Å². The molecule has 2 rings (SSSR count). The van der Waals surface area contributed by atoms with Gasteiger partial charge in [0, 0.05) is 19.2 Å². The molecular formula is C15H16N4O7S2. The van der Waals surface area contributed by atoms with Gasteiger partial charge in [0.1, 0.15) is 10.6 Å². The summed E-state index contributed by atoms with van der Waals surface area (Å²) in [6.45, 7) is 0. The number of esters is 1. The van der Waals surface area contributed by atoms with E-state index in [0.29, 0.717) is 0 Å². The smallest absolute Gasteiger partial charge is 0.350 e. The number of nitro benzene ring substituents is 1. The number of hydrogen-bond donors (Lipinski definition) is 2. The maximum Gasteiger partial charge on any atom is 0.350 e. The molecular weight excluding hydrogens is 412 g/mol. The third-order valence-electron chi connectivity index (χ3n) is 3.40. The highest BCUT2D eigenvalue weighted by Gasteiger charge is 2.26. The number of carbonyl (C=O) groups excluding carboxylic acids is 2. The van der Waals surface area contributed by atoms with Gasteiger partial charge in [-0.3, -0.25) is 14.9 Å². The van der Waals surface area contributed by atoms with Crippen LogP contribution in [0.3, 0.4) is 0 Å². The van der Waals surface area contributed by atoms with Gasteiger partial charge in [-0.15, -0.1) is 11.3 Å². The van der Waals surface area contributed by atoms with Gasteiger partial charge in [-0.1, -0.05) is 0 Å². The van der Waals surface area contributed by atoms with Crippen LogP contribution in [0.5, 0.6) is 0 Å². The lowest BCUT2D eigenvalue weighted by atomic mass is 10.3. The maximum absolute atomic E-state index is 12.6. The van der Waals surface area contributed by atoms with E-state index in [1.165, 1.54) is 32.4 Å². The van der Waals surface area contributed by atoms with E-state index in [2.05, 4.69) is 15.5 Å². The Morgan fingerprint density at radius 2 is 1.89 bits per heavy atom. The first-order valence-electron chi connectivity index (χ1n) is 7.60. The number of thiophene rings is 1. The van der Waals surface area contributed by atoms with Gasteiger partial charge in [-0.2, -0.15) is 0 Å². The number of sulfonamides is 1. The molecule has 11 nitrogen and oxygen atoms in total. The Kier molecular flexibility index (Phi) is 6.66. The second kappa shape index (κ2) is 8.77. The summed E-state index contributed by atoms with van der Waals surface area (Å²) in [6.07, 6.45) is 0. The summed E-state index contributed by atoms with van der Waals surface area (Å²) in [5.74, 6) is -2.46. The molecule has 150 valence electrons. The number of non-ortho nitro benzene ring substituents is 1. The maximum atomic E-state index is 12.6. The monoisotopic (exact) mass is 428 g/mol. The third-order valence-corrected chi connectivity index (χ3v) is 5.87. The van der Waals surface area contributed by atoms with Crippen molar-refractivity contribution in [3.63, 3.8) is 0 Å². The van der Waals surface area contributed by atoms with Crippen molar-refractivity contribution in [3.05, 3.63) is 50.7 Å². The first kappa shape index (κ1) is 21.3. The highest BCUT2D eigenvalue weighted by atomic mass is 32.2. The summed E-state index contributed by atoms with van der Waals surface area (Å²) in [5.41, 5.74) is 2.46. The molecule has 0 radical (unpaired) electrons. The number of benzene rings is 1. The van der Waals surface area contributed by atoms with Gasteiger partial charge >= 0.3 is 5.97 Å². The van der Waals surface area contributed by atoms with E-state index < -0.39 is 32.6 Å². The lowest BCUT2D eigenvalue weighted by Crippen LogP contribution is -2.44. The standard InChI is InChI=1S/C15H16N4O7S2/c1-16-18(10-3-5-11(6-4-10)19(22)23)28(24,25)9-13(20)17-12-7-8-27-14(12)15(21)26-2/h3-8,16H,9H2,1-2H3,(H,17,20). The summed E-state index contributed by atoms with van der Waals surface area (Å²) < 4.78 is 30.5. The molecule has 0 unspecified atom stereocenters. The van der Waals surface area contributed by atoms with Crippen LogP contribution >= 0.6 is 11.3 Å². The Morgan fingerprint density at radius 1 is 1.25 bits per heavy atom. The SMILES string of the molecule is CNN(c1ccc([N+](=O)[O-])cc1)S(=O)(=O)CC(=O)Nc1ccsc1C(=O)OC. The van der Waals surface area contributed by atoms with E-state index in [1.54, 1.807) is 5.38 Å². The van der Waals surface area contributed by atoms with E-state index >= 15 is 0 Å². The minimum atomic E-state index is -4.17. The number of nitrogens with one attached hydrogen (secondary N) is 2. The number of nitrogens with zero attached hydrogens (tertiary/aromatic N) is 2. The molecule has 0 spiro atoms. The molecule has 1 heterocycles. The molecule has 28 heavy (non-hydrogen) atoms. The van der Waals surface area contributed by atoms with E-state index in [4.69, 9.17) is 0 Å². The number of nitro groups is 1. The van der Waals surface area contributed by atoms with Crippen LogP contribution in [0, 0.1) is 10.1 Å². The second-order valence-electron chi connectivity index (χ2n) is 5.22. The zero-order valence-corrected chi connectivity index (χ0v) is 16.4. The normalized spacial score (nSPS) is 10.9.